The van der Waals surface area contributed by atoms with Crippen molar-refractivity contribution >= 4 is 21.8 Å². The first-order valence-corrected chi connectivity index (χ1v) is 10.1. The van der Waals surface area contributed by atoms with Gasteiger partial charge in [-0.2, -0.15) is 12.7 Å². The normalized spacial score (nSPS) is 18.5. The van der Waals surface area contributed by atoms with E-state index in [1.165, 1.54) is 18.4 Å². The summed E-state index contributed by atoms with van der Waals surface area (Å²) in [6.07, 6.45) is 2.08. The number of carbonyl (C=O) groups is 1. The molecule has 0 aliphatic carbocycles. The lowest BCUT2D eigenvalue weighted by molar-refractivity contribution is -0.131. The predicted molar refractivity (Wildman–Crippen MR) is 101 cm³/mol. The van der Waals surface area contributed by atoms with E-state index in [0.29, 0.717) is 24.7 Å². The van der Waals surface area contributed by atoms with Gasteiger partial charge in [0.1, 0.15) is 6.54 Å². The Hall–Kier alpha value is -1.60. The Bertz CT molecular complexity index is 731. The van der Waals surface area contributed by atoms with Crippen molar-refractivity contribution in [3.8, 4) is 0 Å². The summed E-state index contributed by atoms with van der Waals surface area (Å²) in [6.45, 7) is 7.13. The SMILES string of the molecule is Cc1ccc(C)c(N(CC(=O)N2CCC[C@H](C)C2)S(=O)(=O)N(C)C)c1. The van der Waals surface area contributed by atoms with E-state index in [0.717, 1.165) is 28.3 Å². The number of hydrogen-bond donors (Lipinski definition) is 0. The molecule has 7 heteroatoms. The molecule has 0 N–H and O–H groups in total. The first-order chi connectivity index (χ1) is 11.6. The van der Waals surface area contributed by atoms with Gasteiger partial charge in [-0.15, -0.1) is 0 Å². The van der Waals surface area contributed by atoms with Crippen molar-refractivity contribution in [1.82, 2.24) is 9.21 Å². The smallest absolute Gasteiger partial charge is 0.304 e. The van der Waals surface area contributed by atoms with Crippen molar-refractivity contribution in [1.29, 1.82) is 0 Å². The fourth-order valence-electron chi connectivity index (χ4n) is 3.12. The fraction of sp³-hybridized carbons (Fsp3) is 0.611. The van der Waals surface area contributed by atoms with E-state index in [1.807, 2.05) is 32.0 Å². The zero-order chi connectivity index (χ0) is 18.8. The van der Waals surface area contributed by atoms with Crippen molar-refractivity contribution < 1.29 is 13.2 Å². The maximum Gasteiger partial charge on any atom is 0.304 e. The van der Waals surface area contributed by atoms with Gasteiger partial charge in [0.25, 0.3) is 0 Å². The van der Waals surface area contributed by atoms with Gasteiger partial charge in [-0.1, -0.05) is 19.1 Å². The maximum atomic E-state index is 12.9. The largest absolute Gasteiger partial charge is 0.341 e. The lowest BCUT2D eigenvalue weighted by atomic mass is 10.0. The van der Waals surface area contributed by atoms with E-state index in [2.05, 4.69) is 6.92 Å². The molecule has 2 rings (SSSR count). The van der Waals surface area contributed by atoms with Gasteiger partial charge >= 0.3 is 10.2 Å². The van der Waals surface area contributed by atoms with Crippen LogP contribution in [0, 0.1) is 19.8 Å². The van der Waals surface area contributed by atoms with E-state index in [1.54, 1.807) is 4.90 Å². The minimum Gasteiger partial charge on any atom is -0.341 e. The summed E-state index contributed by atoms with van der Waals surface area (Å²) in [5.41, 5.74) is 2.35. The van der Waals surface area contributed by atoms with Gasteiger partial charge in [0, 0.05) is 27.2 Å². The van der Waals surface area contributed by atoms with Crippen LogP contribution in [0.2, 0.25) is 0 Å². The quantitative estimate of drug-likeness (QED) is 0.801. The molecule has 1 aliphatic heterocycles. The fourth-order valence-corrected chi connectivity index (χ4v) is 4.23. The van der Waals surface area contributed by atoms with Crippen molar-refractivity contribution in [3.63, 3.8) is 0 Å². The summed E-state index contributed by atoms with van der Waals surface area (Å²) in [4.78, 5) is 14.6. The molecule has 0 radical (unpaired) electrons. The Morgan fingerprint density at radius 2 is 1.96 bits per heavy atom. The molecule has 0 saturated carbocycles. The summed E-state index contributed by atoms with van der Waals surface area (Å²) in [5, 5.41) is 0. The zero-order valence-corrected chi connectivity index (χ0v) is 16.6. The lowest BCUT2D eigenvalue weighted by Gasteiger charge is -2.34. The molecule has 0 aromatic heterocycles. The summed E-state index contributed by atoms with van der Waals surface area (Å²) in [5.74, 6) is 0.315. The third-order valence-corrected chi connectivity index (χ3v) is 6.47. The number of anilines is 1. The Labute approximate surface area is 151 Å². The van der Waals surface area contributed by atoms with Crippen LogP contribution in [0.4, 0.5) is 5.69 Å². The van der Waals surface area contributed by atoms with E-state index < -0.39 is 10.2 Å². The number of nitrogens with zero attached hydrogens (tertiary/aromatic N) is 3. The number of hydrogen-bond acceptors (Lipinski definition) is 3. The van der Waals surface area contributed by atoms with Crippen LogP contribution < -0.4 is 4.31 Å². The van der Waals surface area contributed by atoms with Gasteiger partial charge in [-0.05, 0) is 49.8 Å². The minimum absolute atomic E-state index is 0.141. The number of amides is 1. The van der Waals surface area contributed by atoms with E-state index in [9.17, 15) is 13.2 Å². The van der Waals surface area contributed by atoms with Gasteiger partial charge in [0.15, 0.2) is 0 Å². The Balaban J connectivity index is 2.36. The number of rotatable bonds is 5. The van der Waals surface area contributed by atoms with Crippen LogP contribution in [0.1, 0.15) is 30.9 Å². The van der Waals surface area contributed by atoms with Gasteiger partial charge in [-0.25, -0.2) is 4.31 Å². The maximum absolute atomic E-state index is 12.9. The highest BCUT2D eigenvalue weighted by molar-refractivity contribution is 7.90. The number of benzene rings is 1. The van der Waals surface area contributed by atoms with Crippen LogP contribution in [0.25, 0.3) is 0 Å². The van der Waals surface area contributed by atoms with Crippen LogP contribution in [0.15, 0.2) is 18.2 Å². The van der Waals surface area contributed by atoms with Crippen LogP contribution in [-0.2, 0) is 15.0 Å². The molecule has 0 spiro atoms. The highest BCUT2D eigenvalue weighted by Crippen LogP contribution is 2.26. The second-order valence-corrected chi connectivity index (χ2v) is 9.24. The number of carbonyl (C=O) groups excluding carboxylic acids is 1. The minimum atomic E-state index is -3.76. The summed E-state index contributed by atoms with van der Waals surface area (Å²) in [6, 6.07) is 5.65. The van der Waals surface area contributed by atoms with Crippen molar-refractivity contribution in [2.75, 3.05) is 38.0 Å². The van der Waals surface area contributed by atoms with Crippen molar-refractivity contribution in [2.45, 2.75) is 33.6 Å². The first kappa shape index (κ1) is 19.7. The Morgan fingerprint density at radius 3 is 2.56 bits per heavy atom. The molecule has 0 unspecified atom stereocenters. The first-order valence-electron chi connectivity index (χ1n) is 8.68. The molecular weight excluding hydrogens is 338 g/mol. The van der Waals surface area contributed by atoms with Crippen molar-refractivity contribution in [3.05, 3.63) is 29.3 Å². The molecule has 6 nitrogen and oxygen atoms in total. The summed E-state index contributed by atoms with van der Waals surface area (Å²) >= 11 is 0. The van der Waals surface area contributed by atoms with Crippen LogP contribution in [-0.4, -0.2) is 57.3 Å². The standard InChI is InChI=1S/C18H29N3O3S/c1-14-8-9-16(3)17(11-14)21(25(23,24)19(4)5)13-18(22)20-10-6-7-15(2)12-20/h8-9,11,15H,6-7,10,12-13H2,1-5H3/t15-/m0/s1. The molecule has 0 bridgehead atoms. The molecule has 1 amide bonds. The lowest BCUT2D eigenvalue weighted by Crippen LogP contribution is -2.49. The molecule has 1 heterocycles. The molecular formula is C18H29N3O3S. The van der Waals surface area contributed by atoms with E-state index in [-0.39, 0.29) is 12.5 Å². The zero-order valence-electron chi connectivity index (χ0n) is 15.8. The molecule has 1 aromatic carbocycles. The number of piperidine rings is 1. The van der Waals surface area contributed by atoms with Gasteiger partial charge < -0.3 is 4.90 Å². The second kappa shape index (κ2) is 7.74. The van der Waals surface area contributed by atoms with Crippen LogP contribution in [0.5, 0.6) is 0 Å². The molecule has 1 saturated heterocycles. The Kier molecular flexibility index (Phi) is 6.11. The monoisotopic (exact) mass is 367 g/mol. The molecule has 1 atom stereocenters. The number of aryl methyl sites for hydroxylation is 2. The van der Waals surface area contributed by atoms with Crippen LogP contribution >= 0.6 is 0 Å². The van der Waals surface area contributed by atoms with Gasteiger partial charge in [-0.3, -0.25) is 4.79 Å². The Morgan fingerprint density at radius 1 is 1.28 bits per heavy atom. The molecule has 1 fully saturated rings. The molecule has 1 aliphatic rings. The third-order valence-electron chi connectivity index (χ3n) is 4.66. The average Bonchev–Trinajstić information content (AvgIpc) is 2.54. The molecule has 140 valence electrons. The van der Waals surface area contributed by atoms with Gasteiger partial charge in [0.05, 0.1) is 5.69 Å². The summed E-state index contributed by atoms with van der Waals surface area (Å²) in [7, 11) is -0.785. The highest BCUT2D eigenvalue weighted by atomic mass is 32.2. The molecule has 1 aromatic rings. The third kappa shape index (κ3) is 4.52. The second-order valence-electron chi connectivity index (χ2n) is 7.17. The van der Waals surface area contributed by atoms with E-state index >= 15 is 0 Å². The topological polar surface area (TPSA) is 60.9 Å². The van der Waals surface area contributed by atoms with E-state index in [4.69, 9.17) is 0 Å². The van der Waals surface area contributed by atoms with Gasteiger partial charge in [0.2, 0.25) is 5.91 Å². The highest BCUT2D eigenvalue weighted by Gasteiger charge is 2.31. The van der Waals surface area contributed by atoms with Crippen LogP contribution in [0.3, 0.4) is 0 Å². The van der Waals surface area contributed by atoms with Crippen molar-refractivity contribution in [2.24, 2.45) is 5.92 Å². The molecule has 25 heavy (non-hydrogen) atoms. The predicted octanol–water partition coefficient (Wildman–Crippen LogP) is 2.17. The average molecular weight is 368 g/mol. The number of likely N-dealkylation sites (tertiary alicyclic amines) is 1. The summed E-state index contributed by atoms with van der Waals surface area (Å²) < 4.78 is 28.1.